The van der Waals surface area contributed by atoms with Crippen LogP contribution in [0, 0.1) is 5.92 Å². The predicted molar refractivity (Wildman–Crippen MR) is 267 cm³/mol. The smallest absolute Gasteiger partial charge is 0.308 e. The molecule has 17 aliphatic heterocycles. The Morgan fingerprint density at radius 3 is 2.10 bits per heavy atom. The van der Waals surface area contributed by atoms with Gasteiger partial charge in [-0.1, -0.05) is 20.1 Å². The third-order valence-electron chi connectivity index (χ3n) is 21.7. The second-order valence-corrected chi connectivity index (χ2v) is 27.0. The molecule has 0 saturated carbocycles. The van der Waals surface area contributed by atoms with Crippen LogP contribution in [0.4, 0.5) is 0 Å². The van der Waals surface area contributed by atoms with E-state index in [1.54, 1.807) is 0 Å². The second-order valence-electron chi connectivity index (χ2n) is 27.0. The minimum Gasteiger partial charge on any atom is -0.459 e. The highest BCUT2D eigenvalue weighted by molar-refractivity contribution is 5.70. The summed E-state index contributed by atoms with van der Waals surface area (Å²) in [5, 5.41) is 31.8. The number of fused-ring (bicyclic) bond motifs is 11. The molecule has 17 saturated heterocycles. The van der Waals surface area contributed by atoms with Crippen molar-refractivity contribution in [3.8, 4) is 0 Å². The highest BCUT2D eigenvalue weighted by atomic mass is 16.8. The third-order valence-corrected chi connectivity index (χ3v) is 21.7. The van der Waals surface area contributed by atoms with Gasteiger partial charge in [0.2, 0.25) is 5.79 Å². The Kier molecular flexibility index (Phi) is 12.9. The van der Waals surface area contributed by atoms with Crippen molar-refractivity contribution in [2.45, 2.75) is 317 Å². The summed E-state index contributed by atoms with van der Waals surface area (Å²) in [6.07, 6.45) is 1.18. The number of ether oxygens (including phenoxy) is 16. The lowest BCUT2D eigenvalue weighted by atomic mass is 9.83. The van der Waals surface area contributed by atoms with E-state index in [9.17, 15) is 20.1 Å². The average Bonchev–Trinajstić information content (AvgIpc) is 3.72. The fraction of sp³-hybridized carbons (Fsp3) is 0.914. The lowest BCUT2D eigenvalue weighted by molar-refractivity contribution is -0.355. The Balaban J connectivity index is 0.616. The zero-order valence-corrected chi connectivity index (χ0v) is 45.2. The third kappa shape index (κ3) is 8.97. The van der Waals surface area contributed by atoms with Gasteiger partial charge in [0, 0.05) is 70.3 Å². The van der Waals surface area contributed by atoms with Gasteiger partial charge in [-0.05, 0) is 68.4 Å². The normalized spacial score (nSPS) is 58.6. The van der Waals surface area contributed by atoms with Gasteiger partial charge in [0.05, 0.1) is 129 Å². The predicted octanol–water partition coefficient (Wildman–Crippen LogP) is 2.85. The number of carbonyl (C=O) groups excluding carboxylic acids is 1. The Morgan fingerprint density at radius 2 is 1.23 bits per heavy atom. The van der Waals surface area contributed by atoms with Gasteiger partial charge < -0.3 is 96.8 Å². The number of hydrogen-bond donors (Lipinski definition) is 4. The monoisotopic (exact) mass is 1110 g/mol. The molecule has 0 aromatic carbocycles. The van der Waals surface area contributed by atoms with E-state index in [2.05, 4.69) is 20.1 Å². The van der Waals surface area contributed by atoms with Gasteiger partial charge in [0.25, 0.3) is 0 Å². The van der Waals surface area contributed by atoms with E-state index < -0.39 is 84.2 Å². The lowest BCUT2D eigenvalue weighted by Gasteiger charge is -2.53. The molecule has 3 spiro atoms. The molecule has 17 rings (SSSR count). The zero-order chi connectivity index (χ0) is 53.5. The number of esters is 1. The molecule has 31 atom stereocenters. The molecule has 0 amide bonds. The summed E-state index contributed by atoms with van der Waals surface area (Å²) in [6.45, 7) is 10.9. The maximum absolute atomic E-state index is 14.4. The lowest BCUT2D eigenvalue weighted by Crippen LogP contribution is -2.65. The minimum atomic E-state index is -1.54. The van der Waals surface area contributed by atoms with E-state index in [-0.39, 0.29) is 129 Å². The van der Waals surface area contributed by atoms with E-state index >= 15 is 0 Å². The van der Waals surface area contributed by atoms with Gasteiger partial charge in [-0.3, -0.25) is 4.79 Å². The summed E-state index contributed by atoms with van der Waals surface area (Å²) in [5.41, 5.74) is 8.96. The zero-order valence-electron chi connectivity index (χ0n) is 45.2. The van der Waals surface area contributed by atoms with Crippen LogP contribution in [0.5, 0.6) is 0 Å². The van der Waals surface area contributed by atoms with Crippen molar-refractivity contribution in [2.24, 2.45) is 11.7 Å². The minimum absolute atomic E-state index is 0.0232. The van der Waals surface area contributed by atoms with E-state index in [1.807, 2.05) is 0 Å². The summed E-state index contributed by atoms with van der Waals surface area (Å²) < 4.78 is 108. The van der Waals surface area contributed by atoms with Crippen molar-refractivity contribution in [2.75, 3.05) is 6.61 Å². The molecule has 0 aromatic heterocycles. The molecular formula is C58H81NO20. The van der Waals surface area contributed by atoms with E-state index in [4.69, 9.17) is 81.5 Å². The summed E-state index contributed by atoms with van der Waals surface area (Å²) in [5.74, 6) is -4.67. The molecule has 21 heteroatoms. The largest absolute Gasteiger partial charge is 0.459 e. The Hall–Kier alpha value is -1.81. The molecule has 17 aliphatic rings. The van der Waals surface area contributed by atoms with Crippen molar-refractivity contribution < 1.29 is 95.9 Å². The molecule has 5 N–H and O–H groups in total. The van der Waals surface area contributed by atoms with Gasteiger partial charge in [0.1, 0.15) is 42.7 Å². The first-order valence-corrected chi connectivity index (χ1v) is 30.4. The number of aliphatic hydroxyl groups excluding tert-OH is 2. The van der Waals surface area contributed by atoms with Gasteiger partial charge in [-0.25, -0.2) is 0 Å². The van der Waals surface area contributed by atoms with Crippen LogP contribution in [0.3, 0.4) is 0 Å². The molecule has 17 fully saturated rings. The molecular weight excluding hydrogens is 1030 g/mol. The van der Waals surface area contributed by atoms with Crippen molar-refractivity contribution in [3.05, 3.63) is 24.3 Å². The first-order chi connectivity index (χ1) is 38.1. The highest BCUT2D eigenvalue weighted by Gasteiger charge is 2.75. The van der Waals surface area contributed by atoms with Crippen LogP contribution in [0.25, 0.3) is 0 Å². The molecule has 438 valence electrons. The fourth-order valence-corrected chi connectivity index (χ4v) is 17.9. The van der Waals surface area contributed by atoms with Crippen LogP contribution in [0.2, 0.25) is 0 Å². The molecule has 0 radical (unpaired) electrons. The summed E-state index contributed by atoms with van der Waals surface area (Å²) in [7, 11) is 0. The molecule has 0 aliphatic carbocycles. The van der Waals surface area contributed by atoms with Crippen molar-refractivity contribution in [1.82, 2.24) is 0 Å². The second kappa shape index (κ2) is 19.4. The maximum Gasteiger partial charge on any atom is 0.308 e. The van der Waals surface area contributed by atoms with Crippen LogP contribution in [0.15, 0.2) is 24.3 Å². The standard InChI is InChI=1S/C58H81NO20/c1-25-12-28-4-6-33-26(2)13-30(64-33)8-10-56-24-58(63)54(79-56)53-52(78-58)51(77-56)50-35(71-53)7-5-29(66-50)14-48(62)70-42-17-39-40(68-38(42)15-36(65-28)27(25)3)18-44-46(69-39)21-57(74-44)22-47-34(73-57)9-11-55(76-47)20-31(59)49-45(75-55)19-41-43(72-49)16-37(67-41)32(61)23-60/h25,28-47,49-54,60-61,63H,2-24,59H2,1H3/t25-,28+,29-,30+,31+,32+,33+,34+,35+,36-,37+,38+,39?,40+,41-,42-,43-,44-,45+,46?,47+,49+,50+,51+,52+,53-,54?,55+,56-,57-,58?/m1/s1. The number of nitrogens with two attached hydrogens (primary N) is 1. The topological polar surface area (TPSA) is 251 Å². The number of rotatable bonds is 2. The van der Waals surface area contributed by atoms with Crippen molar-refractivity contribution in [1.29, 1.82) is 0 Å². The summed E-state index contributed by atoms with van der Waals surface area (Å²) in [4.78, 5) is 14.4. The molecule has 12 bridgehead atoms. The average molecular weight is 1110 g/mol. The van der Waals surface area contributed by atoms with Crippen LogP contribution in [0.1, 0.15) is 135 Å². The van der Waals surface area contributed by atoms with Gasteiger partial charge in [-0.15, -0.1) is 0 Å². The number of aliphatic hydroxyl groups is 3. The van der Waals surface area contributed by atoms with Crippen LogP contribution >= 0.6 is 0 Å². The van der Waals surface area contributed by atoms with Gasteiger partial charge in [0.15, 0.2) is 17.4 Å². The quantitative estimate of drug-likeness (QED) is 0.229. The van der Waals surface area contributed by atoms with Crippen molar-refractivity contribution in [3.63, 3.8) is 0 Å². The molecule has 21 nitrogen and oxygen atoms in total. The summed E-state index contributed by atoms with van der Waals surface area (Å²) in [6, 6.07) is -0.327. The van der Waals surface area contributed by atoms with E-state index in [0.717, 1.165) is 36.8 Å². The molecule has 17 heterocycles. The molecule has 4 unspecified atom stereocenters. The van der Waals surface area contributed by atoms with E-state index in [0.29, 0.717) is 89.9 Å². The first-order valence-electron chi connectivity index (χ1n) is 30.4. The Labute approximate surface area is 460 Å². The molecule has 79 heavy (non-hydrogen) atoms. The number of carbonyl (C=O) groups is 1. The van der Waals surface area contributed by atoms with Crippen LogP contribution in [-0.2, 0) is 80.6 Å². The fourth-order valence-electron chi connectivity index (χ4n) is 17.9. The maximum atomic E-state index is 14.4. The van der Waals surface area contributed by atoms with Crippen LogP contribution in [-0.4, -0.2) is 210 Å². The SMILES string of the molecule is C=C1C[C@@H]2CC[C@@]34CC5(O)O[C@H]6[C@@H](O3)[C@H]3O[C@H](CC[C@@H]3O[C@H]6C5O4)CC(=O)O[C@@H]3CC4OC5C[C@]6(C[C@@H]7O[C@@]8(CC[C@@H]7O6)C[C@H](N)[C@@H]6O[C@@H]7C[C@@H]([C@@H](O)CO)O[C@@H]7C[C@@H]6O8)O[C@@H]5C[C@@H]4O[C@H]3C[C@H]3O[C@@H](CC[C@@H]1O2)C[C@@H](C)C3=C. The number of hydrogen-bond acceptors (Lipinski definition) is 21. The summed E-state index contributed by atoms with van der Waals surface area (Å²) >= 11 is 0. The van der Waals surface area contributed by atoms with E-state index in [1.165, 1.54) is 0 Å². The van der Waals surface area contributed by atoms with Gasteiger partial charge in [-0.2, -0.15) is 0 Å². The first kappa shape index (κ1) is 52.7. The van der Waals surface area contributed by atoms with Crippen molar-refractivity contribution >= 4 is 5.97 Å². The highest BCUT2D eigenvalue weighted by Crippen LogP contribution is 2.59. The van der Waals surface area contributed by atoms with Gasteiger partial charge >= 0.3 is 5.97 Å². The Morgan fingerprint density at radius 1 is 0.544 bits per heavy atom. The Bertz CT molecular complexity index is 2400. The molecule has 0 aromatic rings. The van der Waals surface area contributed by atoms with Crippen LogP contribution < -0.4 is 5.73 Å².